The SMILES string of the molecule is CC(CCN1C(=CC=C2CCCC(C=CC3=[N+](CCC(C)S(=O)(=O)O)c4ccc5cc(S(=O)(=O)O)ccc5c4C3(C)C)=C2NCCCCC(NC(=O)CCC(NC(=O)c2ccc(N(Cc3cnc4nc(N)[nH]c(=O)c4n3)C(=O)C(F)(F)F)cc2)C(=O)O)C(=O)O)C(C)(C)c2c1ccc1cc(S(=O)(=O)O)ccc21)S(=O)(=O)O. The fourth-order valence-electron chi connectivity index (χ4n) is 14.1. The van der Waals surface area contributed by atoms with Crippen molar-refractivity contribution in [2.24, 2.45) is 0 Å². The highest BCUT2D eigenvalue weighted by atomic mass is 32.2. The molecule has 4 unspecified atom stereocenters. The molecule has 0 saturated heterocycles. The van der Waals surface area contributed by atoms with Crippen LogP contribution in [0.25, 0.3) is 32.7 Å². The lowest BCUT2D eigenvalue weighted by atomic mass is 9.78. The summed E-state index contributed by atoms with van der Waals surface area (Å²) in [5.74, 6) is -7.65. The van der Waals surface area contributed by atoms with E-state index in [1.54, 1.807) is 36.4 Å². The maximum Gasteiger partial charge on any atom is 0.471 e. The molecule has 0 radical (unpaired) electrons. The van der Waals surface area contributed by atoms with Crippen LogP contribution in [0, 0.1) is 0 Å². The van der Waals surface area contributed by atoms with Crippen molar-refractivity contribution in [1.82, 2.24) is 35.9 Å². The standard InChI is InChI=1S/C73H80F3N11O20S4/c1-40(108(96,97)98)31-34-85-55-26-15-45-36-49(110(102,103)104)21-23-51(45)60(55)71(3,4)57(85)28-17-42-10-9-11-43(18-29-58-72(5,6)61-52-24-22-50(111(105,106)107)37-46(52)16-27-56(61)86(58)35-32-41(2)109(99,100)101)62(42)78-33-8-7-12-53(67(91)92)81-59(88)30-25-54(68(93)94)82-65(89)44-13-19-48(20-14-44)87(69(95)73(74,75)76)39-47-38-79-64-63(80-47)66(90)84-70(77)83-64/h13-24,26-29,36-38,40-41,53-54H,7-12,25,30-35,39H2,1-6H3,(H11,77,79,81,82,83,84,88,89,90,91,92,93,94,96,97,98,99,100,101,102,103,104,105,106,107)/p+1. The molecular formula is C73H81F3N11O20S4+. The number of fused-ring (bicyclic) bond motifs is 7. The van der Waals surface area contributed by atoms with Crippen molar-refractivity contribution in [3.8, 4) is 0 Å². The van der Waals surface area contributed by atoms with E-state index < -0.39 is 140 Å². The van der Waals surface area contributed by atoms with Gasteiger partial charge in [-0.05, 0) is 184 Å². The van der Waals surface area contributed by atoms with Gasteiger partial charge in [0.25, 0.3) is 51.9 Å². The van der Waals surface area contributed by atoms with Crippen LogP contribution >= 0.6 is 0 Å². The molecule has 12 N–H and O–H groups in total. The fraction of sp³-hybridized carbons (Fsp3) is 0.370. The van der Waals surface area contributed by atoms with Gasteiger partial charge in [-0.2, -0.15) is 56.4 Å². The van der Waals surface area contributed by atoms with Crippen LogP contribution in [0.2, 0.25) is 0 Å². The van der Waals surface area contributed by atoms with Gasteiger partial charge in [0.15, 0.2) is 23.4 Å². The first kappa shape index (κ1) is 83.1. The molecule has 5 aromatic carbocycles. The quantitative estimate of drug-likeness (QED) is 0.0114. The summed E-state index contributed by atoms with van der Waals surface area (Å²) in [5.41, 5.74) is 7.71. The van der Waals surface area contributed by atoms with Gasteiger partial charge < -0.3 is 36.8 Å². The minimum Gasteiger partial charge on any atom is -0.480 e. The van der Waals surface area contributed by atoms with Crippen molar-refractivity contribution in [2.75, 3.05) is 35.2 Å². The zero-order valence-electron chi connectivity index (χ0n) is 60.6. The van der Waals surface area contributed by atoms with Gasteiger partial charge in [0, 0.05) is 77.4 Å². The zero-order chi connectivity index (χ0) is 81.4. The molecule has 111 heavy (non-hydrogen) atoms. The molecule has 3 amide bonds. The van der Waals surface area contributed by atoms with Crippen LogP contribution in [0.5, 0.6) is 0 Å². The molecule has 4 atom stereocenters. The molecule has 1 aliphatic carbocycles. The Labute approximate surface area is 635 Å². The Morgan fingerprint density at radius 2 is 1.32 bits per heavy atom. The number of allylic oxidation sites excluding steroid dienone is 7. The molecule has 4 heterocycles. The van der Waals surface area contributed by atoms with E-state index in [2.05, 4.69) is 35.9 Å². The van der Waals surface area contributed by atoms with Crippen molar-refractivity contribution >= 4 is 132 Å². The van der Waals surface area contributed by atoms with Gasteiger partial charge >= 0.3 is 24.0 Å². The predicted molar refractivity (Wildman–Crippen MR) is 404 cm³/mol. The summed E-state index contributed by atoms with van der Waals surface area (Å²) in [5, 5.41) is 28.6. The second-order valence-electron chi connectivity index (χ2n) is 28.3. The number of halogens is 3. The van der Waals surface area contributed by atoms with Gasteiger partial charge in [-0.3, -0.25) is 47.3 Å². The van der Waals surface area contributed by atoms with Gasteiger partial charge in [0.1, 0.15) is 12.1 Å². The number of unbranched alkanes of at least 4 members (excludes halogenated alkanes) is 1. The minimum atomic E-state index is -5.42. The Morgan fingerprint density at radius 1 is 0.721 bits per heavy atom. The van der Waals surface area contributed by atoms with E-state index in [0.29, 0.717) is 69.3 Å². The Balaban J connectivity index is 0.901. The summed E-state index contributed by atoms with van der Waals surface area (Å²) in [6.45, 7) is 10.0. The summed E-state index contributed by atoms with van der Waals surface area (Å²) in [4.78, 5) is 92.6. The van der Waals surface area contributed by atoms with Crippen molar-refractivity contribution in [1.29, 1.82) is 0 Å². The van der Waals surface area contributed by atoms with Crippen molar-refractivity contribution in [3.63, 3.8) is 0 Å². The smallest absolute Gasteiger partial charge is 0.471 e. The molecule has 0 bridgehead atoms. The molecule has 38 heteroatoms. The Kier molecular flexibility index (Phi) is 24.1. The van der Waals surface area contributed by atoms with Crippen LogP contribution in [0.1, 0.15) is 133 Å². The number of nitrogens with two attached hydrogens (primary N) is 1. The van der Waals surface area contributed by atoms with E-state index in [1.807, 2.05) is 61.5 Å². The van der Waals surface area contributed by atoms with Crippen molar-refractivity contribution in [3.05, 3.63) is 171 Å². The number of alkyl halides is 3. The highest BCUT2D eigenvalue weighted by Gasteiger charge is 2.47. The molecule has 2 aromatic heterocycles. The van der Waals surface area contributed by atoms with Crippen LogP contribution in [0.4, 0.5) is 36.2 Å². The highest BCUT2D eigenvalue weighted by molar-refractivity contribution is 7.87. The Hall–Kier alpha value is -10.4. The summed E-state index contributed by atoms with van der Waals surface area (Å²) >= 11 is 0. The molecule has 7 aromatic rings. The zero-order valence-corrected chi connectivity index (χ0v) is 63.9. The number of amides is 3. The third-order valence-corrected chi connectivity index (χ3v) is 24.2. The summed E-state index contributed by atoms with van der Waals surface area (Å²) in [7, 11) is -18.2. The number of rotatable bonds is 30. The largest absolute Gasteiger partial charge is 0.480 e. The van der Waals surface area contributed by atoms with E-state index in [1.165, 1.54) is 38.1 Å². The van der Waals surface area contributed by atoms with E-state index in [-0.39, 0.29) is 94.8 Å². The molecule has 592 valence electrons. The average Bonchev–Trinajstić information content (AvgIpc) is 1.57. The van der Waals surface area contributed by atoms with E-state index in [9.17, 15) is 104 Å². The first-order chi connectivity index (χ1) is 51.7. The molecular weight excluding hydrogens is 1540 g/mol. The van der Waals surface area contributed by atoms with Crippen LogP contribution in [-0.2, 0) is 77.0 Å². The number of aliphatic carboxylic acids is 2. The number of carbonyl (C=O) groups is 5. The van der Waals surface area contributed by atoms with Crippen LogP contribution in [0.3, 0.4) is 0 Å². The number of nitrogens with zero attached hydrogens (tertiary/aromatic N) is 6. The molecule has 0 spiro atoms. The first-order valence-electron chi connectivity index (χ1n) is 34.8. The first-order valence-corrected chi connectivity index (χ1v) is 40.7. The number of carbonyl (C=O) groups excluding carboxylic acids is 3. The fourth-order valence-corrected chi connectivity index (χ4v) is 16.0. The number of hydrogen-bond acceptors (Lipinski definition) is 20. The van der Waals surface area contributed by atoms with E-state index in [4.69, 9.17) is 5.73 Å². The van der Waals surface area contributed by atoms with Gasteiger partial charge in [0.2, 0.25) is 17.5 Å². The lowest BCUT2D eigenvalue weighted by molar-refractivity contribution is -0.438. The summed E-state index contributed by atoms with van der Waals surface area (Å²) in [6.07, 6.45) is 3.84. The number of aromatic amines is 1. The second kappa shape index (κ2) is 32.2. The van der Waals surface area contributed by atoms with Crippen molar-refractivity contribution in [2.45, 2.75) is 162 Å². The molecule has 3 aliphatic rings. The monoisotopic (exact) mass is 1620 g/mol. The summed E-state index contributed by atoms with van der Waals surface area (Å²) in [6, 6.07) is 16.0. The number of carboxylic acid groups (broad SMARTS) is 2. The predicted octanol–water partition coefficient (Wildman–Crippen LogP) is 8.49. The van der Waals surface area contributed by atoms with Crippen molar-refractivity contribution < 1.29 is 104 Å². The number of aromatic nitrogens is 4. The second-order valence-corrected chi connectivity index (χ2v) is 34.9. The maximum atomic E-state index is 13.9. The molecule has 0 fully saturated rings. The Bertz CT molecular complexity index is 5670. The maximum absolute atomic E-state index is 13.9. The summed E-state index contributed by atoms with van der Waals surface area (Å²) < 4.78 is 183. The van der Waals surface area contributed by atoms with Crippen LogP contribution in [0.15, 0.2) is 153 Å². The van der Waals surface area contributed by atoms with E-state index >= 15 is 0 Å². The van der Waals surface area contributed by atoms with Gasteiger partial charge in [0.05, 0.1) is 44.1 Å². The number of carboxylic acids is 2. The third-order valence-electron chi connectivity index (χ3n) is 20.0. The molecule has 10 rings (SSSR count). The lowest BCUT2D eigenvalue weighted by Crippen LogP contribution is -2.44. The lowest BCUT2D eigenvalue weighted by Gasteiger charge is -2.28. The Morgan fingerprint density at radius 3 is 1.93 bits per heavy atom. The third kappa shape index (κ3) is 18.7. The number of nitrogens with one attached hydrogen (secondary N) is 4. The normalized spacial score (nSPS) is 17.1. The van der Waals surface area contributed by atoms with Gasteiger partial charge in [-0.15, -0.1) is 0 Å². The minimum absolute atomic E-state index is 0.0291. The number of nitrogen functional groups attached to an aromatic ring is 1. The number of anilines is 3. The number of hydrogen-bond donors (Lipinski definition) is 11. The topological polar surface area (TPSA) is 486 Å². The molecule has 2 aliphatic heterocycles. The van der Waals surface area contributed by atoms with E-state index in [0.717, 1.165) is 52.7 Å². The number of H-pyrrole nitrogens is 1. The number of benzene rings is 5. The highest BCUT2D eigenvalue weighted by Crippen LogP contribution is 2.52. The molecule has 0 saturated carbocycles. The molecule has 31 nitrogen and oxygen atoms in total. The van der Waals surface area contributed by atoms with Crippen LogP contribution in [-0.4, -0.2) is 170 Å². The van der Waals surface area contributed by atoms with Gasteiger partial charge in [-0.25, -0.2) is 19.6 Å². The van der Waals surface area contributed by atoms with Gasteiger partial charge in [-0.1, -0.05) is 44.2 Å². The van der Waals surface area contributed by atoms with Crippen LogP contribution < -0.4 is 37.0 Å². The average molecular weight is 1620 g/mol.